The summed E-state index contributed by atoms with van der Waals surface area (Å²) in [6.07, 6.45) is 13.7. The lowest BCUT2D eigenvalue weighted by molar-refractivity contribution is -0.126. The molecule has 0 unspecified atom stereocenters. The van der Waals surface area contributed by atoms with Crippen molar-refractivity contribution in [2.45, 2.75) is 91.1 Å². The van der Waals surface area contributed by atoms with Crippen molar-refractivity contribution in [3.63, 3.8) is 0 Å². The molecule has 1 nitrogen and oxygen atoms in total. The molecule has 0 spiro atoms. The molecule has 8 atom stereocenters. The maximum absolute atomic E-state index is 10.1. The number of fused-ring (bicyclic) bond motifs is 5. The predicted molar refractivity (Wildman–Crippen MR) is 91.5 cm³/mol. The molecule has 0 heterocycles. The molecule has 0 aromatic rings. The zero-order valence-corrected chi connectivity index (χ0v) is 15.0. The van der Waals surface area contributed by atoms with Gasteiger partial charge in [0.2, 0.25) is 0 Å². The van der Waals surface area contributed by atoms with E-state index in [0.717, 1.165) is 42.4 Å². The molecule has 0 amide bonds. The van der Waals surface area contributed by atoms with Gasteiger partial charge in [-0.3, -0.25) is 0 Å². The zero-order valence-electron chi connectivity index (χ0n) is 15.0. The minimum absolute atomic E-state index is 0.000524. The monoisotopic (exact) mass is 304 g/mol. The average Bonchev–Trinajstić information content (AvgIpc) is 2.84. The lowest BCUT2D eigenvalue weighted by Crippen LogP contribution is -2.53. The van der Waals surface area contributed by atoms with Crippen molar-refractivity contribution >= 4 is 0 Å². The second-order valence-electron chi connectivity index (χ2n) is 9.81. The van der Waals surface area contributed by atoms with Gasteiger partial charge in [-0.2, -0.15) is 0 Å². The van der Waals surface area contributed by atoms with Crippen molar-refractivity contribution in [1.82, 2.24) is 0 Å². The van der Waals surface area contributed by atoms with Crippen molar-refractivity contribution in [1.29, 1.82) is 0 Å². The zero-order chi connectivity index (χ0) is 15.5. The van der Waals surface area contributed by atoms with Crippen LogP contribution in [0, 0.1) is 40.4 Å². The number of hydrogen-bond donors (Lipinski definition) is 1. The first kappa shape index (κ1) is 15.5. The molecule has 0 radical (unpaired) electrons. The summed E-state index contributed by atoms with van der Waals surface area (Å²) in [4.78, 5) is 0. The van der Waals surface area contributed by atoms with Gasteiger partial charge >= 0.3 is 0 Å². The molecular formula is C21H36O. The van der Waals surface area contributed by atoms with E-state index in [1.807, 2.05) is 0 Å². The molecule has 0 bridgehead atoms. The Morgan fingerprint density at radius 1 is 0.864 bits per heavy atom. The van der Waals surface area contributed by atoms with Crippen molar-refractivity contribution in [2.75, 3.05) is 0 Å². The topological polar surface area (TPSA) is 20.2 Å². The summed E-state index contributed by atoms with van der Waals surface area (Å²) < 4.78 is 0. The first-order valence-corrected chi connectivity index (χ1v) is 10.2. The Labute approximate surface area is 137 Å². The lowest BCUT2D eigenvalue weighted by Gasteiger charge is -2.61. The number of hydrogen-bond acceptors (Lipinski definition) is 1. The van der Waals surface area contributed by atoms with Gasteiger partial charge in [-0.25, -0.2) is 0 Å². The van der Waals surface area contributed by atoms with E-state index in [9.17, 15) is 5.11 Å². The third-order valence-electron chi connectivity index (χ3n) is 9.33. The molecule has 1 heteroatoms. The summed E-state index contributed by atoms with van der Waals surface area (Å²) in [6.45, 7) is 7.68. The van der Waals surface area contributed by atoms with Gasteiger partial charge in [0.1, 0.15) is 0 Å². The summed E-state index contributed by atoms with van der Waals surface area (Å²) in [5.41, 5.74) is 1.21. The maximum atomic E-state index is 10.1. The van der Waals surface area contributed by atoms with Crippen molar-refractivity contribution < 1.29 is 5.11 Å². The number of aliphatic hydroxyl groups excluding tert-OH is 1. The molecule has 1 N–H and O–H groups in total. The maximum Gasteiger partial charge on any atom is 0.0543 e. The Morgan fingerprint density at radius 2 is 1.59 bits per heavy atom. The largest absolute Gasteiger partial charge is 0.393 e. The fourth-order valence-corrected chi connectivity index (χ4v) is 8.01. The minimum atomic E-state index is -0.000524. The molecular weight excluding hydrogens is 268 g/mol. The first-order chi connectivity index (χ1) is 10.5. The number of rotatable bonds is 1. The van der Waals surface area contributed by atoms with Gasteiger partial charge < -0.3 is 5.11 Å². The van der Waals surface area contributed by atoms with Crippen LogP contribution >= 0.6 is 0 Å². The first-order valence-electron chi connectivity index (χ1n) is 10.2. The molecule has 0 aromatic carbocycles. The van der Waals surface area contributed by atoms with Crippen LogP contribution in [0.1, 0.15) is 85.0 Å². The van der Waals surface area contributed by atoms with Crippen molar-refractivity contribution in [3.8, 4) is 0 Å². The van der Waals surface area contributed by atoms with Crippen LogP contribution in [0.15, 0.2) is 0 Å². The Morgan fingerprint density at radius 3 is 2.36 bits per heavy atom. The average molecular weight is 305 g/mol. The van der Waals surface area contributed by atoms with Gasteiger partial charge in [0.05, 0.1) is 6.10 Å². The smallest absolute Gasteiger partial charge is 0.0543 e. The van der Waals surface area contributed by atoms with Crippen molar-refractivity contribution in [3.05, 3.63) is 0 Å². The van der Waals surface area contributed by atoms with Crippen LogP contribution in [0.2, 0.25) is 0 Å². The Balaban J connectivity index is 1.61. The fraction of sp³-hybridized carbons (Fsp3) is 1.00. The fourth-order valence-electron chi connectivity index (χ4n) is 8.01. The summed E-state index contributed by atoms with van der Waals surface area (Å²) in [7, 11) is 0. The van der Waals surface area contributed by atoms with Crippen LogP contribution in [0.3, 0.4) is 0 Å². The van der Waals surface area contributed by atoms with Gasteiger partial charge in [0.25, 0.3) is 0 Å². The normalized spacial score (nSPS) is 57.8. The van der Waals surface area contributed by atoms with Crippen LogP contribution in [0.25, 0.3) is 0 Å². The van der Waals surface area contributed by atoms with E-state index in [1.165, 1.54) is 51.4 Å². The minimum Gasteiger partial charge on any atom is -0.393 e. The molecule has 0 aliphatic heterocycles. The molecule has 4 saturated carbocycles. The Hall–Kier alpha value is -0.0400. The van der Waals surface area contributed by atoms with Crippen LogP contribution in [-0.2, 0) is 0 Å². The second kappa shape index (κ2) is 5.23. The molecule has 4 aliphatic rings. The van der Waals surface area contributed by atoms with Gasteiger partial charge in [-0.05, 0) is 98.2 Å². The second-order valence-corrected chi connectivity index (χ2v) is 9.81. The highest BCUT2D eigenvalue weighted by atomic mass is 16.3. The van der Waals surface area contributed by atoms with Gasteiger partial charge in [0, 0.05) is 0 Å². The van der Waals surface area contributed by atoms with E-state index < -0.39 is 0 Å². The van der Waals surface area contributed by atoms with E-state index in [-0.39, 0.29) is 6.10 Å². The highest BCUT2D eigenvalue weighted by Crippen LogP contribution is 2.67. The summed E-state index contributed by atoms with van der Waals surface area (Å²) in [6, 6.07) is 0. The number of aliphatic hydroxyl groups is 1. The third kappa shape index (κ3) is 2.00. The van der Waals surface area contributed by atoms with Crippen LogP contribution in [0.4, 0.5) is 0 Å². The molecule has 0 saturated heterocycles. The summed E-state index contributed by atoms with van der Waals surface area (Å²) in [5.74, 6) is 4.79. The Kier molecular flexibility index (Phi) is 3.68. The Bertz CT molecular complexity index is 432. The molecule has 126 valence electrons. The van der Waals surface area contributed by atoms with E-state index in [0.29, 0.717) is 10.8 Å². The molecule has 22 heavy (non-hydrogen) atoms. The van der Waals surface area contributed by atoms with E-state index in [1.54, 1.807) is 0 Å². The lowest BCUT2D eigenvalue weighted by atomic mass is 9.44. The quantitative estimate of drug-likeness (QED) is 0.686. The summed E-state index contributed by atoms with van der Waals surface area (Å²) in [5, 5.41) is 10.1. The van der Waals surface area contributed by atoms with Crippen LogP contribution < -0.4 is 0 Å². The highest BCUT2D eigenvalue weighted by molar-refractivity contribution is 5.08. The molecule has 4 rings (SSSR count). The van der Waals surface area contributed by atoms with E-state index in [4.69, 9.17) is 0 Å². The third-order valence-corrected chi connectivity index (χ3v) is 9.33. The van der Waals surface area contributed by atoms with E-state index >= 15 is 0 Å². The SMILES string of the molecule is CC[C@@H]1CC[C@H]2[C@@H]3CC[C@H]4C[C@@H](O)CC[C@]4(C)[C@H]3CC[C@]12C. The predicted octanol–water partition coefficient (Wildman–Crippen LogP) is 5.42. The summed E-state index contributed by atoms with van der Waals surface area (Å²) >= 11 is 0. The molecule has 0 aromatic heterocycles. The molecule has 4 aliphatic carbocycles. The standard InChI is InChI=1S/C21H36O/c1-4-14-6-8-18-17-7-5-15-13-16(22)9-11-21(15,3)19(17)10-12-20(14,18)2/h14-19,22H,4-13H2,1-3H3/t14-,15+,16+,17+,18+,19+,20-,21+/m1/s1. The van der Waals surface area contributed by atoms with Crippen LogP contribution in [0.5, 0.6) is 0 Å². The van der Waals surface area contributed by atoms with E-state index in [2.05, 4.69) is 20.8 Å². The van der Waals surface area contributed by atoms with Gasteiger partial charge in [-0.1, -0.05) is 27.2 Å². The van der Waals surface area contributed by atoms with Gasteiger partial charge in [0.15, 0.2) is 0 Å². The van der Waals surface area contributed by atoms with Crippen molar-refractivity contribution in [2.24, 2.45) is 40.4 Å². The van der Waals surface area contributed by atoms with Gasteiger partial charge in [-0.15, -0.1) is 0 Å². The van der Waals surface area contributed by atoms with Crippen LogP contribution in [-0.4, -0.2) is 11.2 Å². The highest BCUT2D eigenvalue weighted by Gasteiger charge is 2.59. The molecule has 4 fully saturated rings.